The first-order valence-corrected chi connectivity index (χ1v) is 7.08. The van der Waals surface area contributed by atoms with E-state index in [1.54, 1.807) is 18.2 Å². The number of rotatable bonds is 5. The van der Waals surface area contributed by atoms with Crippen molar-refractivity contribution in [3.05, 3.63) is 34.2 Å². The van der Waals surface area contributed by atoms with Crippen molar-refractivity contribution < 1.29 is 4.79 Å². The first-order valence-electron chi connectivity index (χ1n) is 6.10. The van der Waals surface area contributed by atoms with Crippen LogP contribution in [0.15, 0.2) is 23.0 Å². The number of H-pyrrole nitrogens is 2. The number of hydrogen-bond acceptors (Lipinski definition) is 3. The van der Waals surface area contributed by atoms with Gasteiger partial charge in [0.15, 0.2) is 0 Å². The van der Waals surface area contributed by atoms with E-state index in [9.17, 15) is 9.59 Å². The maximum atomic E-state index is 11.9. The molecule has 18 heavy (non-hydrogen) atoms. The first kappa shape index (κ1) is 13.0. The van der Waals surface area contributed by atoms with Crippen molar-refractivity contribution in [2.24, 2.45) is 0 Å². The van der Waals surface area contributed by atoms with E-state index in [0.717, 1.165) is 30.5 Å². The Balaban J connectivity index is 2.05. The summed E-state index contributed by atoms with van der Waals surface area (Å²) in [6.07, 6.45) is 3.38. The van der Waals surface area contributed by atoms with Crippen LogP contribution in [0.5, 0.6) is 0 Å². The van der Waals surface area contributed by atoms with Crippen molar-refractivity contribution in [1.29, 1.82) is 0 Å². The van der Waals surface area contributed by atoms with Crippen molar-refractivity contribution in [3.63, 3.8) is 0 Å². The number of aromatic amines is 2. The molecule has 0 saturated heterocycles. The van der Waals surface area contributed by atoms with Crippen LogP contribution in [0.1, 0.15) is 36.5 Å². The van der Waals surface area contributed by atoms with Gasteiger partial charge >= 0.3 is 5.69 Å². The van der Waals surface area contributed by atoms with Gasteiger partial charge in [0.05, 0.1) is 11.0 Å². The van der Waals surface area contributed by atoms with Gasteiger partial charge in [-0.05, 0) is 24.6 Å². The van der Waals surface area contributed by atoms with Crippen molar-refractivity contribution in [1.82, 2.24) is 9.97 Å². The summed E-state index contributed by atoms with van der Waals surface area (Å²) in [6.45, 7) is 2.14. The molecule has 0 fully saturated rings. The second kappa shape index (κ2) is 5.91. The zero-order valence-electron chi connectivity index (χ0n) is 10.3. The van der Waals surface area contributed by atoms with E-state index in [4.69, 9.17) is 0 Å². The molecule has 96 valence electrons. The summed E-state index contributed by atoms with van der Waals surface area (Å²) in [5.74, 6) is 0.856. The van der Waals surface area contributed by atoms with Gasteiger partial charge in [0, 0.05) is 11.3 Å². The molecule has 0 spiro atoms. The molecule has 1 aromatic carbocycles. The van der Waals surface area contributed by atoms with E-state index in [2.05, 4.69) is 16.9 Å². The average molecular weight is 264 g/mol. The van der Waals surface area contributed by atoms with Gasteiger partial charge in [-0.25, -0.2) is 4.79 Å². The summed E-state index contributed by atoms with van der Waals surface area (Å²) in [6, 6.07) is 5.23. The molecule has 0 unspecified atom stereocenters. The molecule has 0 amide bonds. The molecule has 2 N–H and O–H groups in total. The molecule has 0 aliphatic carbocycles. The normalized spacial score (nSPS) is 10.9. The molecule has 1 aromatic heterocycles. The number of imidazole rings is 1. The van der Waals surface area contributed by atoms with Crippen LogP contribution >= 0.6 is 11.8 Å². The van der Waals surface area contributed by atoms with Gasteiger partial charge in [-0.3, -0.25) is 4.79 Å². The fourth-order valence-corrected chi connectivity index (χ4v) is 2.59. The van der Waals surface area contributed by atoms with Crippen molar-refractivity contribution in [2.45, 2.75) is 26.2 Å². The average Bonchev–Trinajstić information content (AvgIpc) is 2.73. The minimum absolute atomic E-state index is 0.0649. The highest BCUT2D eigenvalue weighted by atomic mass is 32.2. The third-order valence-corrected chi connectivity index (χ3v) is 3.72. The number of aromatic nitrogens is 2. The molecular formula is C13H16N2O2S. The van der Waals surface area contributed by atoms with Gasteiger partial charge in [-0.2, -0.15) is 0 Å². The lowest BCUT2D eigenvalue weighted by Gasteiger charge is -2.00. The summed E-state index contributed by atoms with van der Waals surface area (Å²) < 4.78 is 0. The summed E-state index contributed by atoms with van der Waals surface area (Å²) in [7, 11) is 0. The van der Waals surface area contributed by atoms with Gasteiger partial charge in [0.25, 0.3) is 0 Å². The molecular weight excluding hydrogens is 248 g/mol. The second-order valence-corrected chi connectivity index (χ2v) is 5.25. The molecule has 0 radical (unpaired) electrons. The number of hydrogen-bond donors (Lipinski definition) is 2. The Bertz CT molecular complexity index is 600. The molecule has 0 bridgehead atoms. The fourth-order valence-electron chi connectivity index (χ4n) is 1.76. The van der Waals surface area contributed by atoms with Crippen LogP contribution < -0.4 is 5.69 Å². The molecule has 0 aliphatic heterocycles. The molecule has 4 nitrogen and oxygen atoms in total. The van der Waals surface area contributed by atoms with E-state index < -0.39 is 0 Å². The standard InChI is InChI=1S/C13H16N2O2S/c1-2-3-4-7-18-12(16)9-5-6-10-11(8-9)15-13(17)14-10/h5-6,8H,2-4,7H2,1H3,(H2,14,15,17). The van der Waals surface area contributed by atoms with Gasteiger partial charge in [-0.15, -0.1) is 0 Å². The number of benzene rings is 1. The highest BCUT2D eigenvalue weighted by molar-refractivity contribution is 8.14. The maximum absolute atomic E-state index is 11.9. The van der Waals surface area contributed by atoms with Crippen LogP contribution in [0.3, 0.4) is 0 Å². The summed E-state index contributed by atoms with van der Waals surface area (Å²) >= 11 is 1.34. The van der Waals surface area contributed by atoms with Crippen LogP contribution in [0.4, 0.5) is 0 Å². The van der Waals surface area contributed by atoms with E-state index in [1.165, 1.54) is 11.8 Å². The predicted octanol–water partition coefficient (Wildman–Crippen LogP) is 2.92. The Morgan fingerprint density at radius 1 is 1.22 bits per heavy atom. The monoisotopic (exact) mass is 264 g/mol. The van der Waals surface area contributed by atoms with Gasteiger partial charge in [0.2, 0.25) is 5.12 Å². The molecule has 2 rings (SSSR count). The summed E-state index contributed by atoms with van der Waals surface area (Å²) in [4.78, 5) is 28.3. The summed E-state index contributed by atoms with van der Waals surface area (Å²) in [5.41, 5.74) is 1.80. The lowest BCUT2D eigenvalue weighted by atomic mass is 10.2. The van der Waals surface area contributed by atoms with Gasteiger partial charge in [-0.1, -0.05) is 31.5 Å². The molecule has 0 saturated carbocycles. The molecule has 0 aliphatic rings. The third kappa shape index (κ3) is 3.04. The Morgan fingerprint density at radius 3 is 2.78 bits per heavy atom. The molecule has 5 heteroatoms. The summed E-state index contributed by atoms with van der Waals surface area (Å²) in [5, 5.41) is 0.0649. The zero-order chi connectivity index (χ0) is 13.0. The van der Waals surface area contributed by atoms with E-state index in [1.807, 2.05) is 0 Å². The van der Waals surface area contributed by atoms with E-state index >= 15 is 0 Å². The lowest BCUT2D eigenvalue weighted by molar-refractivity contribution is 0.108. The SMILES string of the molecule is CCCCCSC(=O)c1ccc2[nH]c(=O)[nH]c2c1. The van der Waals surface area contributed by atoms with Crippen molar-refractivity contribution in [3.8, 4) is 0 Å². The quantitative estimate of drug-likeness (QED) is 0.816. The highest BCUT2D eigenvalue weighted by Gasteiger charge is 2.08. The Kier molecular flexibility index (Phi) is 4.25. The van der Waals surface area contributed by atoms with Crippen molar-refractivity contribution >= 4 is 27.9 Å². The Morgan fingerprint density at radius 2 is 2.00 bits per heavy atom. The second-order valence-electron chi connectivity index (χ2n) is 4.18. The van der Waals surface area contributed by atoms with Gasteiger partial charge in [0.1, 0.15) is 0 Å². The predicted molar refractivity (Wildman–Crippen MR) is 75.2 cm³/mol. The third-order valence-electron chi connectivity index (χ3n) is 2.73. The Hall–Kier alpha value is -1.49. The highest BCUT2D eigenvalue weighted by Crippen LogP contribution is 2.17. The minimum atomic E-state index is -0.245. The first-order chi connectivity index (χ1) is 8.70. The number of fused-ring (bicyclic) bond motifs is 1. The molecule has 1 heterocycles. The zero-order valence-corrected chi connectivity index (χ0v) is 11.1. The number of nitrogens with one attached hydrogen (secondary N) is 2. The fraction of sp³-hybridized carbons (Fsp3) is 0.385. The van der Waals surface area contributed by atoms with E-state index in [0.29, 0.717) is 11.1 Å². The van der Waals surface area contributed by atoms with Crippen LogP contribution in [-0.4, -0.2) is 20.8 Å². The van der Waals surface area contributed by atoms with Crippen molar-refractivity contribution in [2.75, 3.05) is 5.75 Å². The number of carbonyl (C=O) groups excluding carboxylic acids is 1. The largest absolute Gasteiger partial charge is 0.323 e. The minimum Gasteiger partial charge on any atom is -0.306 e. The topological polar surface area (TPSA) is 65.7 Å². The Labute approximate surface area is 109 Å². The molecule has 2 aromatic rings. The van der Waals surface area contributed by atoms with Gasteiger partial charge < -0.3 is 9.97 Å². The van der Waals surface area contributed by atoms with Crippen LogP contribution in [0.25, 0.3) is 11.0 Å². The van der Waals surface area contributed by atoms with E-state index in [-0.39, 0.29) is 10.8 Å². The van der Waals surface area contributed by atoms with Crippen LogP contribution in [0.2, 0.25) is 0 Å². The number of unbranched alkanes of at least 4 members (excludes halogenated alkanes) is 2. The van der Waals surface area contributed by atoms with Crippen LogP contribution in [-0.2, 0) is 0 Å². The molecule has 0 atom stereocenters. The number of carbonyl (C=O) groups is 1. The maximum Gasteiger partial charge on any atom is 0.323 e. The van der Waals surface area contributed by atoms with Crippen LogP contribution in [0, 0.1) is 0 Å². The smallest absolute Gasteiger partial charge is 0.306 e. The lowest BCUT2D eigenvalue weighted by Crippen LogP contribution is -1.99. The number of thioether (sulfide) groups is 1.